The van der Waals surface area contributed by atoms with Crippen LogP contribution in [0.5, 0.6) is 0 Å². The normalized spacial score (nSPS) is 12.9. The lowest BCUT2D eigenvalue weighted by molar-refractivity contribution is -0.137. The number of nitrogens with zero attached hydrogens (tertiary/aromatic N) is 3. The van der Waals surface area contributed by atoms with Gasteiger partial charge in [-0.2, -0.15) is 13.2 Å². The standard InChI is InChI=1S/C18H13BrF3N3O2S2/c1-3-29(26,27)15-11-5-4-10(19)7-13(11)28-14(15)17-24-12-6-9(18(20,21)22)8-23-16(12)25(17)2/h4-8H,3H2,1-2H3. The van der Waals surface area contributed by atoms with Crippen LogP contribution < -0.4 is 0 Å². The highest BCUT2D eigenvalue weighted by Gasteiger charge is 2.32. The van der Waals surface area contributed by atoms with Gasteiger partial charge in [-0.3, -0.25) is 0 Å². The molecule has 0 saturated carbocycles. The summed E-state index contributed by atoms with van der Waals surface area (Å²) in [7, 11) is -2.01. The van der Waals surface area contributed by atoms with Crippen molar-refractivity contribution in [2.75, 3.05) is 5.75 Å². The summed E-state index contributed by atoms with van der Waals surface area (Å²) < 4.78 is 67.9. The van der Waals surface area contributed by atoms with Gasteiger partial charge in [0.2, 0.25) is 0 Å². The van der Waals surface area contributed by atoms with E-state index in [1.54, 1.807) is 32.2 Å². The van der Waals surface area contributed by atoms with Gasteiger partial charge >= 0.3 is 6.18 Å². The van der Waals surface area contributed by atoms with Gasteiger partial charge < -0.3 is 4.57 Å². The van der Waals surface area contributed by atoms with Crippen LogP contribution >= 0.6 is 27.3 Å². The predicted octanol–water partition coefficient (Wildman–Crippen LogP) is 5.42. The van der Waals surface area contributed by atoms with E-state index < -0.39 is 21.6 Å². The van der Waals surface area contributed by atoms with E-state index in [1.807, 2.05) is 0 Å². The van der Waals surface area contributed by atoms with Gasteiger partial charge in [0, 0.05) is 27.8 Å². The fourth-order valence-electron chi connectivity index (χ4n) is 3.08. The molecule has 152 valence electrons. The molecule has 3 heterocycles. The van der Waals surface area contributed by atoms with Crippen molar-refractivity contribution in [3.63, 3.8) is 0 Å². The van der Waals surface area contributed by atoms with E-state index in [0.29, 0.717) is 10.3 Å². The largest absolute Gasteiger partial charge is 0.417 e. The van der Waals surface area contributed by atoms with Gasteiger partial charge in [0.05, 0.1) is 21.1 Å². The Hall–Kier alpha value is -1.98. The molecule has 0 spiro atoms. The number of halogens is 4. The van der Waals surface area contributed by atoms with E-state index >= 15 is 0 Å². The Labute approximate surface area is 176 Å². The second-order valence-corrected chi connectivity index (χ2v) is 10.5. The number of pyridine rings is 1. The molecule has 0 saturated heterocycles. The highest BCUT2D eigenvalue weighted by molar-refractivity contribution is 9.10. The third kappa shape index (κ3) is 3.34. The van der Waals surface area contributed by atoms with Crippen LogP contribution in [0.1, 0.15) is 12.5 Å². The average Bonchev–Trinajstić information content (AvgIpc) is 3.18. The summed E-state index contributed by atoms with van der Waals surface area (Å²) in [6, 6.07) is 6.19. The number of thiophene rings is 1. The molecule has 4 aromatic rings. The van der Waals surface area contributed by atoms with E-state index in [0.717, 1.165) is 21.4 Å². The zero-order valence-electron chi connectivity index (χ0n) is 15.1. The number of aromatic nitrogens is 3. The molecule has 0 unspecified atom stereocenters. The van der Waals surface area contributed by atoms with Gasteiger partial charge in [-0.05, 0) is 18.2 Å². The molecule has 4 rings (SSSR count). The maximum absolute atomic E-state index is 13.0. The van der Waals surface area contributed by atoms with Gasteiger partial charge in [-0.15, -0.1) is 11.3 Å². The maximum atomic E-state index is 13.0. The first-order valence-corrected chi connectivity index (χ1v) is 11.6. The molecule has 11 heteroatoms. The number of hydrogen-bond donors (Lipinski definition) is 0. The van der Waals surface area contributed by atoms with Crippen molar-refractivity contribution in [3.05, 3.63) is 40.5 Å². The van der Waals surface area contributed by atoms with Crippen molar-refractivity contribution in [1.82, 2.24) is 14.5 Å². The summed E-state index contributed by atoms with van der Waals surface area (Å²) in [4.78, 5) is 8.74. The third-order valence-corrected chi connectivity index (χ3v) is 8.11. The molecule has 0 fully saturated rings. The SMILES string of the molecule is CCS(=O)(=O)c1c(-c2nc3cc(C(F)(F)F)cnc3n2C)sc2cc(Br)ccc12. The van der Waals surface area contributed by atoms with Crippen LogP contribution in [0.25, 0.3) is 32.0 Å². The minimum Gasteiger partial charge on any atom is -0.311 e. The summed E-state index contributed by atoms with van der Waals surface area (Å²) in [6.07, 6.45) is -3.79. The van der Waals surface area contributed by atoms with Crippen LogP contribution in [0, 0.1) is 0 Å². The van der Waals surface area contributed by atoms with E-state index in [9.17, 15) is 21.6 Å². The molecule has 5 nitrogen and oxygen atoms in total. The quantitative estimate of drug-likeness (QED) is 0.374. The first kappa shape index (κ1) is 20.3. The number of rotatable bonds is 3. The predicted molar refractivity (Wildman–Crippen MR) is 110 cm³/mol. The summed E-state index contributed by atoms with van der Waals surface area (Å²) >= 11 is 4.61. The van der Waals surface area contributed by atoms with Gasteiger partial charge in [0.25, 0.3) is 0 Å². The van der Waals surface area contributed by atoms with E-state index in [4.69, 9.17) is 0 Å². The Morgan fingerprint density at radius 1 is 1.24 bits per heavy atom. The van der Waals surface area contributed by atoms with Crippen LogP contribution in [0.4, 0.5) is 13.2 Å². The molecule has 3 aromatic heterocycles. The molecular formula is C18H13BrF3N3O2S2. The number of fused-ring (bicyclic) bond motifs is 2. The molecule has 0 bridgehead atoms. The smallest absolute Gasteiger partial charge is 0.311 e. The summed E-state index contributed by atoms with van der Waals surface area (Å²) in [5, 5.41) is 0.561. The second kappa shape index (κ2) is 6.78. The Morgan fingerprint density at radius 3 is 2.62 bits per heavy atom. The van der Waals surface area contributed by atoms with Gasteiger partial charge in [-0.25, -0.2) is 18.4 Å². The molecule has 0 radical (unpaired) electrons. The van der Waals surface area contributed by atoms with E-state index in [-0.39, 0.29) is 27.6 Å². The highest BCUT2D eigenvalue weighted by atomic mass is 79.9. The molecule has 1 aromatic carbocycles. The molecule has 0 amide bonds. The fraction of sp³-hybridized carbons (Fsp3) is 0.222. The van der Waals surface area contributed by atoms with Crippen LogP contribution in [0.3, 0.4) is 0 Å². The van der Waals surface area contributed by atoms with Crippen molar-refractivity contribution in [3.8, 4) is 10.7 Å². The minimum absolute atomic E-state index is 0.0517. The van der Waals surface area contributed by atoms with Gasteiger partial charge in [0.15, 0.2) is 21.3 Å². The zero-order valence-corrected chi connectivity index (χ0v) is 18.3. The Morgan fingerprint density at radius 2 is 1.97 bits per heavy atom. The minimum atomic E-state index is -4.54. The lowest BCUT2D eigenvalue weighted by Gasteiger charge is -2.06. The maximum Gasteiger partial charge on any atom is 0.417 e. The Kier molecular flexibility index (Phi) is 4.74. The van der Waals surface area contributed by atoms with Crippen molar-refractivity contribution in [1.29, 1.82) is 0 Å². The van der Waals surface area contributed by atoms with Crippen LogP contribution in [-0.4, -0.2) is 28.7 Å². The van der Waals surface area contributed by atoms with Crippen molar-refractivity contribution >= 4 is 58.4 Å². The summed E-state index contributed by atoms with van der Waals surface area (Å²) in [5.41, 5.74) is -0.612. The first-order valence-electron chi connectivity index (χ1n) is 8.37. The molecular weight excluding hydrogens is 491 g/mol. The monoisotopic (exact) mass is 503 g/mol. The lowest BCUT2D eigenvalue weighted by atomic mass is 10.2. The van der Waals surface area contributed by atoms with Gasteiger partial charge in [0.1, 0.15) is 5.52 Å². The topological polar surface area (TPSA) is 64.8 Å². The third-order valence-electron chi connectivity index (χ3n) is 4.54. The average molecular weight is 504 g/mol. The fourth-order valence-corrected chi connectivity index (χ4v) is 6.50. The van der Waals surface area contributed by atoms with E-state index in [2.05, 4.69) is 25.9 Å². The molecule has 0 N–H and O–H groups in total. The molecule has 0 atom stereocenters. The number of benzene rings is 1. The number of imidazole rings is 1. The van der Waals surface area contributed by atoms with Crippen LogP contribution in [0.2, 0.25) is 0 Å². The number of aryl methyl sites for hydroxylation is 1. The highest BCUT2D eigenvalue weighted by Crippen LogP contribution is 2.43. The van der Waals surface area contributed by atoms with Crippen LogP contribution in [0.15, 0.2) is 39.8 Å². The number of alkyl halides is 3. The van der Waals surface area contributed by atoms with Crippen molar-refractivity contribution in [2.24, 2.45) is 7.05 Å². The lowest BCUT2D eigenvalue weighted by Crippen LogP contribution is -2.06. The molecule has 0 aliphatic heterocycles. The molecule has 29 heavy (non-hydrogen) atoms. The van der Waals surface area contributed by atoms with Crippen molar-refractivity contribution < 1.29 is 21.6 Å². The Balaban J connectivity index is 2.05. The van der Waals surface area contributed by atoms with E-state index in [1.165, 1.54) is 15.9 Å². The first-order chi connectivity index (χ1) is 13.5. The Bertz CT molecular complexity index is 1370. The number of sulfone groups is 1. The molecule has 0 aliphatic rings. The molecule has 0 aliphatic carbocycles. The number of hydrogen-bond acceptors (Lipinski definition) is 5. The second-order valence-electron chi connectivity index (χ2n) is 6.36. The van der Waals surface area contributed by atoms with Crippen molar-refractivity contribution in [2.45, 2.75) is 18.0 Å². The summed E-state index contributed by atoms with van der Waals surface area (Å²) in [6.45, 7) is 1.55. The van der Waals surface area contributed by atoms with Crippen LogP contribution in [-0.2, 0) is 23.1 Å². The zero-order chi connectivity index (χ0) is 21.1. The van der Waals surface area contributed by atoms with Gasteiger partial charge in [-0.1, -0.05) is 28.9 Å². The summed E-state index contributed by atoms with van der Waals surface area (Å²) in [5.74, 6) is 0.152.